The van der Waals surface area contributed by atoms with Crippen LogP contribution in [0, 0.1) is 6.92 Å². The van der Waals surface area contributed by atoms with Crippen LogP contribution in [-0.4, -0.2) is 47.6 Å². The Bertz CT molecular complexity index is 1340. The second kappa shape index (κ2) is 12.8. The maximum Gasteiger partial charge on any atom is 0.573 e. The summed E-state index contributed by atoms with van der Waals surface area (Å²) >= 11 is 0. The summed E-state index contributed by atoms with van der Waals surface area (Å²) in [5.74, 6) is 1.10. The molecule has 7 nitrogen and oxygen atoms in total. The number of rotatable bonds is 8. The molecule has 0 bridgehead atoms. The molecule has 3 aromatic rings. The molecule has 5 rings (SSSR count). The summed E-state index contributed by atoms with van der Waals surface area (Å²) in [4.78, 5) is 11.1. The fraction of sp³-hybridized carbons (Fsp3) is 0.467. The third kappa shape index (κ3) is 8.35. The van der Waals surface area contributed by atoms with Crippen molar-refractivity contribution in [3.05, 3.63) is 66.0 Å². The van der Waals surface area contributed by atoms with E-state index in [-0.39, 0.29) is 23.9 Å². The zero-order valence-corrected chi connectivity index (χ0v) is 23.5. The highest BCUT2D eigenvalue weighted by Crippen LogP contribution is 2.33. The van der Waals surface area contributed by atoms with E-state index in [0.29, 0.717) is 11.6 Å². The van der Waals surface area contributed by atoms with Gasteiger partial charge in [-0.15, -0.1) is 13.2 Å². The van der Waals surface area contributed by atoms with Gasteiger partial charge >= 0.3 is 12.5 Å². The molecule has 0 spiro atoms. The molecular formula is C30H33F6N5O2. The number of anilines is 3. The SMILES string of the molecule is Cc1c(OC2CCC(Nc3ccc(OC(F)(F)F)cc3)CC2)ncnc1N1CCC(Nc2ccc(C(F)(F)F)cc2)CC1. The average Bonchev–Trinajstić information content (AvgIpc) is 2.96. The van der Waals surface area contributed by atoms with Gasteiger partial charge in [0.15, 0.2) is 0 Å². The minimum atomic E-state index is -4.72. The first-order chi connectivity index (χ1) is 20.4. The average molecular weight is 610 g/mol. The Balaban J connectivity index is 1.09. The Labute approximate surface area is 245 Å². The fourth-order valence-corrected chi connectivity index (χ4v) is 5.56. The molecule has 0 atom stereocenters. The second-order valence-corrected chi connectivity index (χ2v) is 10.9. The van der Waals surface area contributed by atoms with Crippen molar-refractivity contribution in [2.75, 3.05) is 28.6 Å². The molecule has 1 aromatic heterocycles. The first-order valence-corrected chi connectivity index (χ1v) is 14.2. The lowest BCUT2D eigenvalue weighted by Crippen LogP contribution is -2.40. The van der Waals surface area contributed by atoms with Crippen LogP contribution in [0.5, 0.6) is 11.6 Å². The maximum atomic E-state index is 12.8. The van der Waals surface area contributed by atoms with Gasteiger partial charge in [0.05, 0.1) is 11.1 Å². The lowest BCUT2D eigenvalue weighted by Gasteiger charge is -2.35. The van der Waals surface area contributed by atoms with Crippen LogP contribution in [0.2, 0.25) is 0 Å². The zero-order chi connectivity index (χ0) is 30.6. The first kappa shape index (κ1) is 30.6. The van der Waals surface area contributed by atoms with E-state index in [0.717, 1.165) is 80.8 Å². The largest absolute Gasteiger partial charge is 0.573 e. The van der Waals surface area contributed by atoms with E-state index >= 15 is 0 Å². The van der Waals surface area contributed by atoms with Gasteiger partial charge in [-0.3, -0.25) is 0 Å². The molecule has 0 radical (unpaired) electrons. The summed E-state index contributed by atoms with van der Waals surface area (Å²) in [6, 6.07) is 11.1. The van der Waals surface area contributed by atoms with Crippen LogP contribution in [-0.2, 0) is 6.18 Å². The van der Waals surface area contributed by atoms with E-state index in [9.17, 15) is 26.3 Å². The number of hydrogen-bond donors (Lipinski definition) is 2. The highest BCUT2D eigenvalue weighted by Gasteiger charge is 2.32. The van der Waals surface area contributed by atoms with Crippen molar-refractivity contribution in [3.8, 4) is 11.6 Å². The van der Waals surface area contributed by atoms with Crippen LogP contribution in [0.4, 0.5) is 43.5 Å². The quantitative estimate of drug-likeness (QED) is 0.255. The van der Waals surface area contributed by atoms with Crippen LogP contribution in [0.1, 0.15) is 49.7 Å². The van der Waals surface area contributed by atoms with E-state index in [1.54, 1.807) is 12.1 Å². The summed E-state index contributed by atoms with van der Waals surface area (Å²) in [5, 5.41) is 6.71. The third-order valence-electron chi connectivity index (χ3n) is 7.80. The summed E-state index contributed by atoms with van der Waals surface area (Å²) < 4.78 is 85.9. The number of alkyl halides is 6. The van der Waals surface area contributed by atoms with E-state index < -0.39 is 18.1 Å². The Kier molecular flexibility index (Phi) is 9.07. The Morgan fingerprint density at radius 2 is 1.30 bits per heavy atom. The third-order valence-corrected chi connectivity index (χ3v) is 7.80. The summed E-state index contributed by atoms with van der Waals surface area (Å²) in [7, 11) is 0. The topological polar surface area (TPSA) is 71.5 Å². The van der Waals surface area contributed by atoms with Crippen molar-refractivity contribution >= 4 is 17.2 Å². The lowest BCUT2D eigenvalue weighted by molar-refractivity contribution is -0.274. The molecule has 2 aliphatic rings. The predicted octanol–water partition coefficient (Wildman–Crippen LogP) is 7.59. The molecule has 0 amide bonds. The fourth-order valence-electron chi connectivity index (χ4n) is 5.56. The predicted molar refractivity (Wildman–Crippen MR) is 150 cm³/mol. The maximum absolute atomic E-state index is 12.8. The van der Waals surface area contributed by atoms with E-state index in [1.165, 1.54) is 30.6 Å². The van der Waals surface area contributed by atoms with Gasteiger partial charge in [-0.25, -0.2) is 9.97 Å². The molecule has 1 aliphatic heterocycles. The molecule has 0 unspecified atom stereocenters. The van der Waals surface area contributed by atoms with Crippen LogP contribution < -0.4 is 25.0 Å². The van der Waals surface area contributed by atoms with Crippen molar-refractivity contribution < 1.29 is 35.8 Å². The van der Waals surface area contributed by atoms with Crippen LogP contribution in [0.25, 0.3) is 0 Å². The zero-order valence-electron chi connectivity index (χ0n) is 23.5. The van der Waals surface area contributed by atoms with E-state index in [2.05, 4.69) is 30.2 Å². The number of aromatic nitrogens is 2. The Morgan fingerprint density at radius 1 is 0.744 bits per heavy atom. The number of piperidine rings is 1. The molecule has 1 saturated heterocycles. The molecule has 2 N–H and O–H groups in total. The van der Waals surface area contributed by atoms with Crippen LogP contribution >= 0.6 is 0 Å². The Morgan fingerprint density at radius 3 is 1.86 bits per heavy atom. The normalized spacial score (nSPS) is 20.0. The van der Waals surface area contributed by atoms with Gasteiger partial charge in [0.25, 0.3) is 0 Å². The van der Waals surface area contributed by atoms with E-state index in [4.69, 9.17) is 4.74 Å². The number of hydrogen-bond acceptors (Lipinski definition) is 7. The molecule has 2 fully saturated rings. The molecule has 1 aliphatic carbocycles. The summed E-state index contributed by atoms with van der Waals surface area (Å²) in [5.41, 5.74) is 1.59. The summed E-state index contributed by atoms with van der Waals surface area (Å²) in [6.07, 6.45) is -2.71. The highest BCUT2D eigenvalue weighted by molar-refractivity contribution is 5.51. The summed E-state index contributed by atoms with van der Waals surface area (Å²) in [6.45, 7) is 3.40. The molecule has 2 heterocycles. The number of ether oxygens (including phenoxy) is 2. The standard InChI is InChI=1S/C30H33F6N5O2/c1-19-27(41-16-14-24(15-17-41)40-21-4-2-20(3-5-21)29(31,32)33)37-18-38-28(19)42-25-10-6-22(7-11-25)39-23-8-12-26(13-9-23)43-30(34,35)36/h2-5,8-9,12-13,18,22,24-25,39-40H,6-7,10-11,14-17H2,1H3. The number of nitrogens with zero attached hydrogens (tertiary/aromatic N) is 3. The first-order valence-electron chi connectivity index (χ1n) is 14.2. The molecule has 43 heavy (non-hydrogen) atoms. The van der Waals surface area contributed by atoms with E-state index in [1.807, 2.05) is 6.92 Å². The monoisotopic (exact) mass is 609 g/mol. The number of halogens is 6. The van der Waals surface area contributed by atoms with Crippen molar-refractivity contribution in [2.24, 2.45) is 0 Å². The van der Waals surface area contributed by atoms with Crippen molar-refractivity contribution in [2.45, 2.75) is 76.2 Å². The Hall–Kier alpha value is -3.90. The van der Waals surface area contributed by atoms with Gasteiger partial charge in [-0.1, -0.05) is 0 Å². The molecule has 13 heteroatoms. The minimum Gasteiger partial charge on any atom is -0.474 e. The second-order valence-electron chi connectivity index (χ2n) is 10.9. The van der Waals surface area contributed by atoms with Crippen molar-refractivity contribution in [1.29, 1.82) is 0 Å². The van der Waals surface area contributed by atoms with Gasteiger partial charge in [-0.2, -0.15) is 13.2 Å². The van der Waals surface area contributed by atoms with Crippen molar-refractivity contribution in [3.63, 3.8) is 0 Å². The van der Waals surface area contributed by atoms with Crippen molar-refractivity contribution in [1.82, 2.24) is 9.97 Å². The van der Waals surface area contributed by atoms with Gasteiger partial charge in [0.1, 0.15) is 24.0 Å². The van der Waals surface area contributed by atoms with Gasteiger partial charge in [0, 0.05) is 36.5 Å². The lowest BCUT2D eigenvalue weighted by atomic mass is 9.92. The molecule has 1 saturated carbocycles. The molecule has 232 valence electrons. The van der Waals surface area contributed by atoms with Gasteiger partial charge in [0.2, 0.25) is 5.88 Å². The highest BCUT2D eigenvalue weighted by atomic mass is 19.4. The minimum absolute atomic E-state index is 0.0132. The van der Waals surface area contributed by atoms with Crippen LogP contribution in [0.15, 0.2) is 54.9 Å². The number of benzene rings is 2. The van der Waals surface area contributed by atoms with Gasteiger partial charge in [-0.05, 0) is 94.0 Å². The molecular weight excluding hydrogens is 576 g/mol. The molecule has 2 aromatic carbocycles. The smallest absolute Gasteiger partial charge is 0.474 e. The number of nitrogens with one attached hydrogen (secondary N) is 2. The van der Waals surface area contributed by atoms with Gasteiger partial charge < -0.3 is 25.0 Å². The van der Waals surface area contributed by atoms with Crippen LogP contribution in [0.3, 0.4) is 0 Å².